The summed E-state index contributed by atoms with van der Waals surface area (Å²) in [6.07, 6.45) is -0.616. The summed E-state index contributed by atoms with van der Waals surface area (Å²) in [6, 6.07) is 10.2. The maximum Gasteiger partial charge on any atom is 0.416 e. The summed E-state index contributed by atoms with van der Waals surface area (Å²) in [4.78, 5) is 31.2. The first-order valence-corrected chi connectivity index (χ1v) is 15.9. The van der Waals surface area contributed by atoms with Gasteiger partial charge in [-0.1, -0.05) is 25.6 Å². The number of anilines is 1. The fraction of sp³-hybridized carbons (Fsp3) is 0.455. The number of amides is 2. The van der Waals surface area contributed by atoms with Crippen LogP contribution in [-0.4, -0.2) is 58.0 Å². The van der Waals surface area contributed by atoms with Crippen molar-refractivity contribution >= 4 is 28.8 Å². The molecule has 1 aliphatic carbocycles. The molecule has 7 nitrogen and oxygen atoms in total. The van der Waals surface area contributed by atoms with E-state index in [2.05, 4.69) is 28.6 Å². The van der Waals surface area contributed by atoms with Crippen molar-refractivity contribution in [2.24, 2.45) is 11.3 Å². The van der Waals surface area contributed by atoms with Crippen molar-refractivity contribution < 1.29 is 22.8 Å². The van der Waals surface area contributed by atoms with Gasteiger partial charge in [-0.15, -0.1) is 21.5 Å². The molecule has 4 aliphatic rings. The third-order valence-corrected chi connectivity index (χ3v) is 11.2. The maximum atomic E-state index is 14.5. The summed E-state index contributed by atoms with van der Waals surface area (Å²) >= 11 is 1.50. The summed E-state index contributed by atoms with van der Waals surface area (Å²) in [7, 11) is 0. The van der Waals surface area contributed by atoms with Crippen molar-refractivity contribution in [1.29, 1.82) is 0 Å². The largest absolute Gasteiger partial charge is 0.416 e. The van der Waals surface area contributed by atoms with Gasteiger partial charge >= 0.3 is 6.18 Å². The normalized spacial score (nSPS) is 25.1. The molecule has 0 radical (unpaired) electrons. The lowest BCUT2D eigenvalue weighted by Crippen LogP contribution is -2.59. The van der Waals surface area contributed by atoms with Crippen LogP contribution in [0.4, 0.5) is 18.9 Å². The Morgan fingerprint density at radius 2 is 1.95 bits per heavy atom. The topological polar surface area (TPSA) is 69.6 Å². The molecule has 2 saturated heterocycles. The lowest BCUT2D eigenvalue weighted by molar-refractivity contribution is -0.138. The van der Waals surface area contributed by atoms with Crippen LogP contribution in [0.2, 0.25) is 0 Å². The maximum absolute atomic E-state index is 14.5. The van der Waals surface area contributed by atoms with Gasteiger partial charge in [-0.3, -0.25) is 14.5 Å². The van der Waals surface area contributed by atoms with Gasteiger partial charge < -0.3 is 9.80 Å². The van der Waals surface area contributed by atoms with Crippen LogP contribution in [0.5, 0.6) is 0 Å². The Labute approximate surface area is 258 Å². The molecule has 7 rings (SSSR count). The Morgan fingerprint density at radius 1 is 1.18 bits per heavy atom. The molecule has 1 saturated carbocycles. The minimum atomic E-state index is -4.60. The van der Waals surface area contributed by atoms with Crippen LogP contribution in [0.1, 0.15) is 76.8 Å². The standard InChI is InChI=1S/C33H34F3N5O2S/c1-4-28(42)40-17-31(18-40)8-9-39(16-31)21(3)22-10-25-26(27(11-22)33(34,35)36)15-41(29(25)43)24-7-5-6-23(12-24)32(13-20(2)14-32)30-38-37-19-44-30/h4-7,10-12,19-21H,1,8-9,13-18H2,2-3H3/t20?,21-,32?/m0/s1. The van der Waals surface area contributed by atoms with E-state index in [1.807, 2.05) is 25.1 Å². The van der Waals surface area contributed by atoms with Crippen molar-refractivity contribution in [3.8, 4) is 0 Å². The Balaban J connectivity index is 1.17. The van der Waals surface area contributed by atoms with Crippen LogP contribution >= 0.6 is 11.3 Å². The third kappa shape index (κ3) is 4.58. The average molecular weight is 622 g/mol. The first kappa shape index (κ1) is 29.2. The van der Waals surface area contributed by atoms with E-state index in [1.165, 1.54) is 28.4 Å². The second kappa shape index (κ2) is 10.2. The van der Waals surface area contributed by atoms with Gasteiger partial charge in [0.1, 0.15) is 10.5 Å². The van der Waals surface area contributed by atoms with Gasteiger partial charge in [-0.25, -0.2) is 0 Å². The molecule has 44 heavy (non-hydrogen) atoms. The van der Waals surface area contributed by atoms with Gasteiger partial charge in [0.15, 0.2) is 0 Å². The van der Waals surface area contributed by atoms with Gasteiger partial charge in [0.05, 0.1) is 12.1 Å². The van der Waals surface area contributed by atoms with Gasteiger partial charge in [-0.05, 0) is 85.7 Å². The van der Waals surface area contributed by atoms with E-state index < -0.39 is 17.6 Å². The minimum Gasteiger partial charge on any atom is -0.338 e. The number of hydrogen-bond donors (Lipinski definition) is 0. The molecule has 2 amide bonds. The Kier molecular flexibility index (Phi) is 6.78. The lowest BCUT2D eigenvalue weighted by atomic mass is 9.59. The van der Waals surface area contributed by atoms with E-state index in [-0.39, 0.29) is 40.5 Å². The van der Waals surface area contributed by atoms with E-state index in [9.17, 15) is 22.8 Å². The highest BCUT2D eigenvalue weighted by Crippen LogP contribution is 2.53. The number of nitrogens with zero attached hydrogens (tertiary/aromatic N) is 5. The zero-order valence-electron chi connectivity index (χ0n) is 24.7. The smallest absolute Gasteiger partial charge is 0.338 e. The van der Waals surface area contributed by atoms with Crippen molar-refractivity contribution in [3.05, 3.63) is 87.4 Å². The fourth-order valence-electron chi connectivity index (χ4n) is 7.97. The van der Waals surface area contributed by atoms with Crippen molar-refractivity contribution in [2.75, 3.05) is 31.1 Å². The molecule has 1 atom stereocenters. The SMILES string of the molecule is C=CC(=O)N1CC2(CCN([C@@H](C)c3cc4c(c(C(F)(F)F)c3)CN(c3cccc(C5(c6nncs6)CC(C)C5)c3)C4=O)C2)C1. The summed E-state index contributed by atoms with van der Waals surface area (Å²) in [5.41, 5.74) is 2.84. The highest BCUT2D eigenvalue weighted by atomic mass is 32.1. The molecule has 0 bridgehead atoms. The van der Waals surface area contributed by atoms with Gasteiger partial charge in [0.2, 0.25) is 5.91 Å². The van der Waals surface area contributed by atoms with Gasteiger partial charge in [-0.2, -0.15) is 13.2 Å². The van der Waals surface area contributed by atoms with Gasteiger partial charge in [0, 0.05) is 47.8 Å². The van der Waals surface area contributed by atoms with E-state index in [0.29, 0.717) is 36.8 Å². The van der Waals surface area contributed by atoms with Crippen LogP contribution in [0.3, 0.4) is 0 Å². The molecular weight excluding hydrogens is 587 g/mol. The number of halogens is 3. The molecule has 0 unspecified atom stereocenters. The second-order valence-corrected chi connectivity index (χ2v) is 14.0. The Bertz CT molecular complexity index is 1640. The molecule has 2 aromatic carbocycles. The molecule has 3 fully saturated rings. The molecule has 1 spiro atoms. The molecule has 0 N–H and O–H groups in total. The number of carbonyl (C=O) groups excluding carboxylic acids is 2. The van der Waals surface area contributed by atoms with E-state index in [4.69, 9.17) is 0 Å². The van der Waals surface area contributed by atoms with E-state index >= 15 is 0 Å². The summed E-state index contributed by atoms with van der Waals surface area (Å²) in [5.74, 6) is -0.000722. The first-order valence-electron chi connectivity index (χ1n) is 15.0. The Morgan fingerprint density at radius 3 is 2.61 bits per heavy atom. The summed E-state index contributed by atoms with van der Waals surface area (Å²) < 4.78 is 43.6. The molecule has 3 aromatic rings. The number of fused-ring (bicyclic) bond motifs is 1. The van der Waals surface area contributed by atoms with Crippen LogP contribution in [-0.2, 0) is 22.9 Å². The van der Waals surface area contributed by atoms with Crippen LogP contribution in [0.25, 0.3) is 0 Å². The molecule has 3 aliphatic heterocycles. The predicted molar refractivity (Wildman–Crippen MR) is 161 cm³/mol. The highest BCUT2D eigenvalue weighted by Gasteiger charge is 2.50. The average Bonchev–Trinajstić information content (AvgIpc) is 3.73. The first-order chi connectivity index (χ1) is 20.9. The second-order valence-electron chi connectivity index (χ2n) is 13.2. The molecular formula is C33H34F3N5O2S. The van der Waals surface area contributed by atoms with Crippen molar-refractivity contribution in [3.63, 3.8) is 0 Å². The van der Waals surface area contributed by atoms with Crippen LogP contribution in [0, 0.1) is 11.3 Å². The Hall–Kier alpha value is -3.57. The minimum absolute atomic E-state index is 0.0235. The quantitative estimate of drug-likeness (QED) is 0.306. The monoisotopic (exact) mass is 621 g/mol. The van der Waals surface area contributed by atoms with Crippen molar-refractivity contribution in [1.82, 2.24) is 20.0 Å². The fourth-order valence-corrected chi connectivity index (χ4v) is 8.77. The highest BCUT2D eigenvalue weighted by molar-refractivity contribution is 7.09. The summed E-state index contributed by atoms with van der Waals surface area (Å²) in [5, 5.41) is 9.34. The van der Waals surface area contributed by atoms with E-state index in [0.717, 1.165) is 36.4 Å². The lowest BCUT2D eigenvalue weighted by Gasteiger charge is -2.48. The zero-order valence-corrected chi connectivity index (χ0v) is 25.5. The number of benzene rings is 2. The zero-order chi connectivity index (χ0) is 31.0. The molecule has 1 aromatic heterocycles. The van der Waals surface area contributed by atoms with E-state index in [1.54, 1.807) is 22.5 Å². The number of aromatic nitrogens is 2. The number of carbonyl (C=O) groups is 2. The number of hydrogen-bond acceptors (Lipinski definition) is 6. The predicted octanol–water partition coefficient (Wildman–Crippen LogP) is 6.21. The number of alkyl halides is 3. The number of rotatable bonds is 6. The molecule has 230 valence electrons. The molecule has 4 heterocycles. The summed E-state index contributed by atoms with van der Waals surface area (Å²) in [6.45, 7) is 10.2. The number of likely N-dealkylation sites (tertiary alicyclic amines) is 2. The van der Waals surface area contributed by atoms with Crippen LogP contribution < -0.4 is 4.90 Å². The molecule has 11 heteroatoms. The van der Waals surface area contributed by atoms with Gasteiger partial charge in [0.25, 0.3) is 5.91 Å². The third-order valence-electron chi connectivity index (χ3n) is 10.3. The van der Waals surface area contributed by atoms with Crippen LogP contribution in [0.15, 0.2) is 54.6 Å². The van der Waals surface area contributed by atoms with Crippen molar-refractivity contribution in [2.45, 2.75) is 57.3 Å².